The van der Waals surface area contributed by atoms with Crippen molar-refractivity contribution in [3.63, 3.8) is 0 Å². The molecule has 1 rings (SSSR count). The second kappa shape index (κ2) is 6.52. The first-order valence-electron chi connectivity index (χ1n) is 5.45. The molecule has 0 saturated carbocycles. The first kappa shape index (κ1) is 13.0. The van der Waals surface area contributed by atoms with Crippen molar-refractivity contribution in [3.05, 3.63) is 34.9 Å². The lowest BCUT2D eigenvalue weighted by Crippen LogP contribution is -2.30. The van der Waals surface area contributed by atoms with Gasteiger partial charge in [0.15, 0.2) is 0 Å². The molecule has 0 bridgehead atoms. The van der Waals surface area contributed by atoms with Gasteiger partial charge in [-0.2, -0.15) is 5.26 Å². The average molecular weight is 237 g/mol. The summed E-state index contributed by atoms with van der Waals surface area (Å²) < 4.78 is 0. The molecule has 0 aliphatic heterocycles. The molecule has 0 aliphatic rings. The van der Waals surface area contributed by atoms with Crippen LogP contribution in [0, 0.1) is 11.3 Å². The van der Waals surface area contributed by atoms with Gasteiger partial charge in [-0.25, -0.2) is 0 Å². The van der Waals surface area contributed by atoms with E-state index in [1.807, 2.05) is 24.3 Å². The molecule has 0 aliphatic carbocycles. The summed E-state index contributed by atoms with van der Waals surface area (Å²) in [5.41, 5.74) is 1.28. The van der Waals surface area contributed by atoms with Gasteiger partial charge in [0, 0.05) is 17.6 Å². The Labute approximate surface area is 102 Å². The maximum Gasteiger partial charge on any atom is 0.0638 e. The van der Waals surface area contributed by atoms with Crippen molar-refractivity contribution < 1.29 is 0 Å². The van der Waals surface area contributed by atoms with Crippen LogP contribution in [-0.2, 0) is 6.42 Å². The predicted molar refractivity (Wildman–Crippen MR) is 67.5 cm³/mol. The van der Waals surface area contributed by atoms with E-state index >= 15 is 0 Å². The van der Waals surface area contributed by atoms with Crippen LogP contribution < -0.4 is 0 Å². The highest BCUT2D eigenvalue weighted by Gasteiger charge is 2.07. The van der Waals surface area contributed by atoms with Gasteiger partial charge in [-0.05, 0) is 38.1 Å². The Bertz CT molecular complexity index is 353. The number of likely N-dealkylation sites (N-methyl/N-ethyl adjacent to an activating group) is 1. The highest BCUT2D eigenvalue weighted by Crippen LogP contribution is 2.10. The number of halogens is 1. The van der Waals surface area contributed by atoms with E-state index in [0.29, 0.717) is 12.5 Å². The summed E-state index contributed by atoms with van der Waals surface area (Å²) in [6.07, 6.45) is 1.57. The molecule has 0 radical (unpaired) electrons. The van der Waals surface area contributed by atoms with Crippen LogP contribution in [0.5, 0.6) is 0 Å². The molecular formula is C13H17ClN2. The van der Waals surface area contributed by atoms with E-state index in [1.54, 1.807) is 0 Å². The molecule has 0 N–H and O–H groups in total. The van der Waals surface area contributed by atoms with E-state index in [1.165, 1.54) is 5.56 Å². The summed E-state index contributed by atoms with van der Waals surface area (Å²) in [5, 5.41) is 9.38. The van der Waals surface area contributed by atoms with Crippen LogP contribution in [0.4, 0.5) is 0 Å². The topological polar surface area (TPSA) is 27.0 Å². The zero-order chi connectivity index (χ0) is 12.0. The van der Waals surface area contributed by atoms with Gasteiger partial charge >= 0.3 is 0 Å². The van der Waals surface area contributed by atoms with Crippen LogP contribution in [0.2, 0.25) is 5.02 Å². The molecule has 86 valence electrons. The molecule has 1 atom stereocenters. The van der Waals surface area contributed by atoms with Crippen LogP contribution >= 0.6 is 11.6 Å². The second-order valence-electron chi connectivity index (χ2n) is 4.07. The van der Waals surface area contributed by atoms with Crippen LogP contribution in [0.3, 0.4) is 0 Å². The number of benzene rings is 1. The van der Waals surface area contributed by atoms with Crippen molar-refractivity contribution in [2.24, 2.45) is 0 Å². The van der Waals surface area contributed by atoms with Gasteiger partial charge in [0.05, 0.1) is 12.5 Å². The molecule has 16 heavy (non-hydrogen) atoms. The van der Waals surface area contributed by atoms with Gasteiger partial charge in [0.1, 0.15) is 0 Å². The van der Waals surface area contributed by atoms with Gasteiger partial charge in [0.25, 0.3) is 0 Å². The highest BCUT2D eigenvalue weighted by molar-refractivity contribution is 6.30. The summed E-state index contributed by atoms with van der Waals surface area (Å²) in [6.45, 7) is 3.04. The summed E-state index contributed by atoms with van der Waals surface area (Å²) in [6, 6.07) is 10.4. The minimum atomic E-state index is 0.317. The fourth-order valence-corrected chi connectivity index (χ4v) is 1.59. The number of hydrogen-bond acceptors (Lipinski definition) is 2. The molecule has 1 unspecified atom stereocenters. The van der Waals surface area contributed by atoms with Crippen molar-refractivity contribution in [2.75, 3.05) is 13.6 Å². The van der Waals surface area contributed by atoms with Gasteiger partial charge in [-0.3, -0.25) is 0 Å². The maximum absolute atomic E-state index is 8.61. The average Bonchev–Trinajstić information content (AvgIpc) is 2.28. The quantitative estimate of drug-likeness (QED) is 0.786. The lowest BCUT2D eigenvalue weighted by Gasteiger charge is -2.22. The third-order valence-electron chi connectivity index (χ3n) is 2.81. The Hall–Kier alpha value is -1.04. The Kier molecular flexibility index (Phi) is 5.31. The Morgan fingerprint density at radius 2 is 2.00 bits per heavy atom. The molecule has 0 fully saturated rings. The summed E-state index contributed by atoms with van der Waals surface area (Å²) in [7, 11) is 2.05. The monoisotopic (exact) mass is 236 g/mol. The molecule has 0 amide bonds. The number of rotatable bonds is 5. The van der Waals surface area contributed by atoms with Gasteiger partial charge in [0.2, 0.25) is 0 Å². The largest absolute Gasteiger partial charge is 0.302 e. The molecule has 0 saturated heterocycles. The smallest absolute Gasteiger partial charge is 0.0638 e. The molecule has 3 heteroatoms. The first-order valence-corrected chi connectivity index (χ1v) is 5.83. The van der Waals surface area contributed by atoms with E-state index in [-0.39, 0.29) is 0 Å². The van der Waals surface area contributed by atoms with Crippen LogP contribution in [0.1, 0.15) is 18.9 Å². The Morgan fingerprint density at radius 1 is 1.38 bits per heavy atom. The van der Waals surface area contributed by atoms with E-state index in [4.69, 9.17) is 16.9 Å². The van der Waals surface area contributed by atoms with Crippen molar-refractivity contribution >= 4 is 11.6 Å². The van der Waals surface area contributed by atoms with Crippen molar-refractivity contribution in [3.8, 4) is 6.07 Å². The molecule has 0 spiro atoms. The molecule has 0 aromatic heterocycles. The van der Waals surface area contributed by atoms with Crippen LogP contribution in [0.25, 0.3) is 0 Å². The fraction of sp³-hybridized carbons (Fsp3) is 0.462. The zero-order valence-corrected chi connectivity index (χ0v) is 10.5. The molecule has 1 aromatic carbocycles. The van der Waals surface area contributed by atoms with E-state index in [0.717, 1.165) is 18.0 Å². The normalized spacial score (nSPS) is 12.4. The Morgan fingerprint density at radius 3 is 2.56 bits per heavy atom. The van der Waals surface area contributed by atoms with Crippen LogP contribution in [-0.4, -0.2) is 24.5 Å². The molecule has 2 nitrogen and oxygen atoms in total. The van der Waals surface area contributed by atoms with Crippen molar-refractivity contribution in [1.29, 1.82) is 5.26 Å². The third-order valence-corrected chi connectivity index (χ3v) is 3.06. The zero-order valence-electron chi connectivity index (χ0n) is 9.78. The third kappa shape index (κ3) is 4.22. The van der Waals surface area contributed by atoms with Crippen LogP contribution in [0.15, 0.2) is 24.3 Å². The minimum Gasteiger partial charge on any atom is -0.302 e. The second-order valence-corrected chi connectivity index (χ2v) is 4.50. The highest BCUT2D eigenvalue weighted by atomic mass is 35.5. The fourth-order valence-electron chi connectivity index (χ4n) is 1.46. The van der Waals surface area contributed by atoms with Crippen molar-refractivity contribution in [2.45, 2.75) is 25.8 Å². The predicted octanol–water partition coefficient (Wildman–Crippen LogP) is 3.12. The van der Waals surface area contributed by atoms with Gasteiger partial charge in [-0.15, -0.1) is 0 Å². The van der Waals surface area contributed by atoms with E-state index in [2.05, 4.69) is 24.9 Å². The molecule has 1 aromatic rings. The summed E-state index contributed by atoms with van der Waals surface area (Å²) in [4.78, 5) is 2.21. The van der Waals surface area contributed by atoms with E-state index < -0.39 is 0 Å². The Balaban J connectivity index is 2.40. The standard InChI is InChI=1S/C13H17ClN2/c1-11(7-9-15)16(2)10-8-12-3-5-13(14)6-4-12/h3-6,11H,7-8,10H2,1-2H3. The number of hydrogen-bond donors (Lipinski definition) is 0. The molecular weight excluding hydrogens is 220 g/mol. The number of nitrogens with zero attached hydrogens (tertiary/aromatic N) is 2. The van der Waals surface area contributed by atoms with E-state index in [9.17, 15) is 0 Å². The summed E-state index contributed by atoms with van der Waals surface area (Å²) in [5.74, 6) is 0. The number of nitriles is 1. The van der Waals surface area contributed by atoms with Crippen molar-refractivity contribution in [1.82, 2.24) is 4.90 Å². The lowest BCUT2D eigenvalue weighted by atomic mass is 10.1. The first-order chi connectivity index (χ1) is 7.63. The van der Waals surface area contributed by atoms with Gasteiger partial charge < -0.3 is 4.90 Å². The SMILES string of the molecule is CC(CC#N)N(C)CCc1ccc(Cl)cc1. The molecule has 0 heterocycles. The minimum absolute atomic E-state index is 0.317. The summed E-state index contributed by atoms with van der Waals surface area (Å²) >= 11 is 5.82. The maximum atomic E-state index is 8.61. The lowest BCUT2D eigenvalue weighted by molar-refractivity contribution is 0.264. The van der Waals surface area contributed by atoms with Gasteiger partial charge in [-0.1, -0.05) is 23.7 Å².